The Kier molecular flexibility index (Phi) is 5.01. The zero-order valence-electron chi connectivity index (χ0n) is 11.3. The molecule has 1 aromatic rings. The molecule has 0 radical (unpaired) electrons. The normalized spacial score (nSPS) is 23.3. The van der Waals surface area contributed by atoms with Gasteiger partial charge in [0.05, 0.1) is 33.5 Å². The predicted octanol–water partition coefficient (Wildman–Crippen LogP) is 1.51. The first-order chi connectivity index (χ1) is 9.19. The Morgan fingerprint density at radius 1 is 1.21 bits per heavy atom. The molecule has 1 N–H and O–H groups in total. The van der Waals surface area contributed by atoms with Crippen molar-refractivity contribution in [3.8, 4) is 11.5 Å². The molecule has 5 nitrogen and oxygen atoms in total. The molecule has 0 amide bonds. The van der Waals surface area contributed by atoms with E-state index in [0.29, 0.717) is 18.0 Å². The Morgan fingerprint density at radius 2 is 1.79 bits per heavy atom. The van der Waals surface area contributed by atoms with Gasteiger partial charge in [0.25, 0.3) is 0 Å². The number of methoxy groups -OCH3 is 1. The number of rotatable bonds is 5. The van der Waals surface area contributed by atoms with Gasteiger partial charge >= 0.3 is 0 Å². The average molecular weight is 268 g/mol. The number of ether oxygens (including phenoxy) is 4. The number of benzene rings is 1. The fraction of sp³-hybridized carbons (Fsp3) is 0.571. The van der Waals surface area contributed by atoms with E-state index in [1.54, 1.807) is 12.1 Å². The Bertz CT molecular complexity index is 387. The molecule has 3 rings (SSSR count). The predicted molar refractivity (Wildman–Crippen MR) is 69.7 cm³/mol. The average Bonchev–Trinajstić information content (AvgIpc) is 3.27. The van der Waals surface area contributed by atoms with Crippen LogP contribution in [0.15, 0.2) is 18.2 Å². The molecule has 0 spiro atoms. The summed E-state index contributed by atoms with van der Waals surface area (Å²) < 4.78 is 20.0. The van der Waals surface area contributed by atoms with Crippen LogP contribution >= 0.6 is 0 Å². The molecule has 2 heterocycles. The number of hydrogen-bond acceptors (Lipinski definition) is 5. The van der Waals surface area contributed by atoms with Crippen LogP contribution in [0.25, 0.3) is 0 Å². The number of phenols is 1. The lowest BCUT2D eigenvalue weighted by Gasteiger charge is -2.02. The van der Waals surface area contributed by atoms with Gasteiger partial charge in [0.2, 0.25) is 0 Å². The molecule has 2 aliphatic heterocycles. The summed E-state index contributed by atoms with van der Waals surface area (Å²) in [6, 6.07) is 5.24. The number of hydrogen-bond donors (Lipinski definition) is 1. The molecule has 0 aliphatic carbocycles. The second kappa shape index (κ2) is 6.75. The van der Waals surface area contributed by atoms with Gasteiger partial charge in [-0.25, -0.2) is 0 Å². The molecule has 2 atom stereocenters. The van der Waals surface area contributed by atoms with Crippen LogP contribution < -0.4 is 4.74 Å². The van der Waals surface area contributed by atoms with Gasteiger partial charge in [0.1, 0.15) is 12.2 Å². The van der Waals surface area contributed by atoms with Crippen molar-refractivity contribution < 1.29 is 24.1 Å². The molecule has 0 bridgehead atoms. The van der Waals surface area contributed by atoms with E-state index < -0.39 is 0 Å². The quantitative estimate of drug-likeness (QED) is 0.820. The third-order valence-corrected chi connectivity index (χ3v) is 2.75. The summed E-state index contributed by atoms with van der Waals surface area (Å²) >= 11 is 0. The molecule has 2 unspecified atom stereocenters. The van der Waals surface area contributed by atoms with E-state index in [1.807, 2.05) is 13.0 Å². The van der Waals surface area contributed by atoms with Crippen molar-refractivity contribution >= 4 is 0 Å². The van der Waals surface area contributed by atoms with Crippen LogP contribution in [-0.4, -0.2) is 50.9 Å². The summed E-state index contributed by atoms with van der Waals surface area (Å²) in [5.41, 5.74) is 1.08. The fourth-order valence-corrected chi connectivity index (χ4v) is 1.44. The fourth-order valence-electron chi connectivity index (χ4n) is 1.44. The number of phenolic OH excluding ortho intramolecular Hbond substituents is 1. The molecule has 5 heteroatoms. The van der Waals surface area contributed by atoms with E-state index in [1.165, 1.54) is 7.11 Å². The van der Waals surface area contributed by atoms with Gasteiger partial charge in [0.15, 0.2) is 11.5 Å². The Morgan fingerprint density at radius 3 is 2.21 bits per heavy atom. The van der Waals surface area contributed by atoms with Crippen LogP contribution in [0.2, 0.25) is 0 Å². The summed E-state index contributed by atoms with van der Waals surface area (Å²) in [7, 11) is 1.54. The van der Waals surface area contributed by atoms with Crippen molar-refractivity contribution in [3.05, 3.63) is 23.8 Å². The first-order valence-electron chi connectivity index (χ1n) is 6.33. The van der Waals surface area contributed by atoms with Gasteiger partial charge in [-0.2, -0.15) is 0 Å². The molecule has 106 valence electrons. The van der Waals surface area contributed by atoms with Gasteiger partial charge in [-0.15, -0.1) is 0 Å². The molecule has 1 aromatic carbocycles. The lowest BCUT2D eigenvalue weighted by molar-refractivity contribution is 0.102. The summed E-state index contributed by atoms with van der Waals surface area (Å²) in [6.07, 6.45) is 0.785. The van der Waals surface area contributed by atoms with Crippen molar-refractivity contribution in [3.63, 3.8) is 0 Å². The maximum Gasteiger partial charge on any atom is 0.160 e. The van der Waals surface area contributed by atoms with Crippen molar-refractivity contribution in [1.29, 1.82) is 0 Å². The maximum absolute atomic E-state index is 9.11. The zero-order valence-corrected chi connectivity index (χ0v) is 11.3. The minimum atomic E-state index is 0.188. The monoisotopic (exact) mass is 268 g/mol. The van der Waals surface area contributed by atoms with Gasteiger partial charge < -0.3 is 24.1 Å². The first-order valence-corrected chi connectivity index (χ1v) is 6.33. The molecule has 2 aliphatic rings. The Labute approximate surface area is 113 Å². The van der Waals surface area contributed by atoms with E-state index in [-0.39, 0.29) is 5.75 Å². The summed E-state index contributed by atoms with van der Waals surface area (Å²) in [6.45, 7) is 5.21. The molecule has 0 saturated carbocycles. The highest BCUT2D eigenvalue weighted by Gasteiger charge is 2.26. The Balaban J connectivity index is 0.000000141. The zero-order chi connectivity index (χ0) is 13.7. The highest BCUT2D eigenvalue weighted by molar-refractivity contribution is 5.41. The van der Waals surface area contributed by atoms with Crippen molar-refractivity contribution in [2.24, 2.45) is 0 Å². The smallest absolute Gasteiger partial charge is 0.160 e. The van der Waals surface area contributed by atoms with Crippen LogP contribution in [0.3, 0.4) is 0 Å². The van der Waals surface area contributed by atoms with E-state index in [2.05, 4.69) is 0 Å². The molecule has 2 saturated heterocycles. The second-order valence-electron chi connectivity index (χ2n) is 4.62. The molecular weight excluding hydrogens is 248 g/mol. The molecule has 19 heavy (non-hydrogen) atoms. The third kappa shape index (κ3) is 5.46. The molecule has 2 fully saturated rings. The summed E-state index contributed by atoms with van der Waals surface area (Å²) in [4.78, 5) is 0. The van der Waals surface area contributed by atoms with Crippen LogP contribution in [-0.2, 0) is 14.2 Å². The lowest BCUT2D eigenvalue weighted by atomic mass is 10.2. The van der Waals surface area contributed by atoms with Crippen LogP contribution in [0.4, 0.5) is 0 Å². The Hall–Kier alpha value is -1.30. The standard InChI is InChI=1S/C8H10O2.C6H10O3/c1-6-3-4-7(9)8(5-6)10-2;1(5-3-8-5)7-2-6-4-9-6/h3-5,9H,1-2H3;5-6H,1-4H2. The van der Waals surface area contributed by atoms with Gasteiger partial charge in [-0.05, 0) is 24.6 Å². The second-order valence-corrected chi connectivity index (χ2v) is 4.62. The van der Waals surface area contributed by atoms with Crippen LogP contribution in [0.5, 0.6) is 11.5 Å². The van der Waals surface area contributed by atoms with Crippen LogP contribution in [0.1, 0.15) is 5.56 Å². The number of aromatic hydroxyl groups is 1. The van der Waals surface area contributed by atoms with Crippen molar-refractivity contribution in [1.82, 2.24) is 0 Å². The van der Waals surface area contributed by atoms with E-state index >= 15 is 0 Å². The third-order valence-electron chi connectivity index (χ3n) is 2.75. The van der Waals surface area contributed by atoms with Crippen molar-refractivity contribution in [2.45, 2.75) is 19.1 Å². The van der Waals surface area contributed by atoms with Crippen LogP contribution in [0, 0.1) is 6.92 Å². The van der Waals surface area contributed by atoms with Crippen molar-refractivity contribution in [2.75, 3.05) is 33.5 Å². The SMILES string of the molecule is C(OCC1CO1)C1CO1.COc1cc(C)ccc1O. The highest BCUT2D eigenvalue weighted by atomic mass is 16.6. The first kappa shape index (κ1) is 14.1. The topological polar surface area (TPSA) is 63.8 Å². The minimum Gasteiger partial charge on any atom is -0.504 e. The minimum absolute atomic E-state index is 0.188. The maximum atomic E-state index is 9.11. The lowest BCUT2D eigenvalue weighted by Crippen LogP contribution is -2.06. The van der Waals surface area contributed by atoms with Gasteiger partial charge in [-0.1, -0.05) is 6.07 Å². The van der Waals surface area contributed by atoms with Gasteiger partial charge in [0, 0.05) is 0 Å². The van der Waals surface area contributed by atoms with E-state index in [0.717, 1.165) is 32.0 Å². The van der Waals surface area contributed by atoms with Gasteiger partial charge in [-0.3, -0.25) is 0 Å². The van der Waals surface area contributed by atoms with E-state index in [4.69, 9.17) is 24.1 Å². The van der Waals surface area contributed by atoms with E-state index in [9.17, 15) is 0 Å². The highest BCUT2D eigenvalue weighted by Crippen LogP contribution is 2.25. The summed E-state index contributed by atoms with van der Waals surface area (Å²) in [5, 5.41) is 9.11. The number of aryl methyl sites for hydroxylation is 1. The summed E-state index contributed by atoms with van der Waals surface area (Å²) in [5.74, 6) is 0.716. The largest absolute Gasteiger partial charge is 0.504 e. The number of epoxide rings is 2. The molecule has 0 aromatic heterocycles. The molecular formula is C14H20O5.